The van der Waals surface area contributed by atoms with Crippen molar-refractivity contribution in [2.75, 3.05) is 7.11 Å². The van der Waals surface area contributed by atoms with Gasteiger partial charge < -0.3 is 10.1 Å². The molecule has 0 atom stereocenters. The largest absolute Gasteiger partial charge is 0.496 e. The van der Waals surface area contributed by atoms with Crippen LogP contribution in [0, 0.1) is 0 Å². The molecule has 0 spiro atoms. The highest BCUT2D eigenvalue weighted by Crippen LogP contribution is 2.23. The molecule has 0 fully saturated rings. The minimum Gasteiger partial charge on any atom is -0.496 e. The van der Waals surface area contributed by atoms with Crippen LogP contribution in [-0.2, 0) is 13.1 Å². The Labute approximate surface area is 131 Å². The van der Waals surface area contributed by atoms with E-state index in [0.717, 1.165) is 23.6 Å². The van der Waals surface area contributed by atoms with Crippen molar-refractivity contribution in [1.82, 2.24) is 15.1 Å². The standard InChI is InChI=1S/C16H22ClN3O/c1-16(2,3)18-10-14-7-8-19-20(14)11-12-9-13(17)5-6-15(12)21-4/h5-9,18H,10-11H2,1-4H3. The zero-order chi connectivity index (χ0) is 15.5. The molecule has 0 aliphatic carbocycles. The number of benzene rings is 1. The van der Waals surface area contributed by atoms with E-state index in [0.29, 0.717) is 11.6 Å². The van der Waals surface area contributed by atoms with Gasteiger partial charge in [-0.05, 0) is 45.0 Å². The maximum absolute atomic E-state index is 6.08. The summed E-state index contributed by atoms with van der Waals surface area (Å²) in [6.07, 6.45) is 1.82. The molecule has 0 saturated heterocycles. The lowest BCUT2D eigenvalue weighted by Gasteiger charge is -2.21. The number of rotatable bonds is 5. The summed E-state index contributed by atoms with van der Waals surface area (Å²) < 4.78 is 7.35. The average molecular weight is 308 g/mol. The summed E-state index contributed by atoms with van der Waals surface area (Å²) in [7, 11) is 1.66. The number of hydrogen-bond acceptors (Lipinski definition) is 3. The van der Waals surface area contributed by atoms with Gasteiger partial charge in [-0.1, -0.05) is 11.6 Å². The number of methoxy groups -OCH3 is 1. The van der Waals surface area contributed by atoms with Gasteiger partial charge in [0.1, 0.15) is 5.75 Å². The number of nitrogens with one attached hydrogen (secondary N) is 1. The number of hydrogen-bond donors (Lipinski definition) is 1. The van der Waals surface area contributed by atoms with E-state index in [1.165, 1.54) is 0 Å². The van der Waals surface area contributed by atoms with Crippen LogP contribution < -0.4 is 10.1 Å². The van der Waals surface area contributed by atoms with Gasteiger partial charge in [0, 0.05) is 28.9 Å². The van der Waals surface area contributed by atoms with Crippen LogP contribution in [0.3, 0.4) is 0 Å². The molecule has 114 valence electrons. The van der Waals surface area contributed by atoms with Gasteiger partial charge in [-0.2, -0.15) is 5.10 Å². The number of ether oxygens (including phenoxy) is 1. The van der Waals surface area contributed by atoms with Gasteiger partial charge >= 0.3 is 0 Å². The van der Waals surface area contributed by atoms with Crippen molar-refractivity contribution < 1.29 is 4.74 Å². The van der Waals surface area contributed by atoms with E-state index in [9.17, 15) is 0 Å². The van der Waals surface area contributed by atoms with Crippen molar-refractivity contribution in [2.45, 2.75) is 39.4 Å². The van der Waals surface area contributed by atoms with E-state index >= 15 is 0 Å². The zero-order valence-electron chi connectivity index (χ0n) is 13.0. The molecule has 0 bridgehead atoms. The predicted octanol–water partition coefficient (Wildman–Crippen LogP) is 3.48. The van der Waals surface area contributed by atoms with Gasteiger partial charge in [-0.25, -0.2) is 0 Å². The molecule has 1 aromatic carbocycles. The lowest BCUT2D eigenvalue weighted by molar-refractivity contribution is 0.402. The second-order valence-electron chi connectivity index (χ2n) is 6.04. The Balaban J connectivity index is 2.17. The maximum atomic E-state index is 6.08. The van der Waals surface area contributed by atoms with Crippen molar-refractivity contribution in [3.05, 3.63) is 46.7 Å². The SMILES string of the molecule is COc1ccc(Cl)cc1Cn1nccc1CNC(C)(C)C. The monoisotopic (exact) mass is 307 g/mol. The zero-order valence-corrected chi connectivity index (χ0v) is 13.7. The molecular formula is C16H22ClN3O. The first kappa shape index (κ1) is 15.9. The van der Waals surface area contributed by atoms with Crippen molar-refractivity contribution >= 4 is 11.6 Å². The van der Waals surface area contributed by atoms with Crippen LogP contribution in [0.25, 0.3) is 0 Å². The summed E-state index contributed by atoms with van der Waals surface area (Å²) in [4.78, 5) is 0. The predicted molar refractivity (Wildman–Crippen MR) is 85.9 cm³/mol. The minimum atomic E-state index is 0.0723. The Bertz CT molecular complexity index is 602. The highest BCUT2D eigenvalue weighted by Gasteiger charge is 2.12. The lowest BCUT2D eigenvalue weighted by Crippen LogP contribution is -2.35. The molecule has 5 heteroatoms. The van der Waals surface area contributed by atoms with Crippen LogP contribution >= 0.6 is 11.6 Å². The highest BCUT2D eigenvalue weighted by molar-refractivity contribution is 6.30. The van der Waals surface area contributed by atoms with Crippen LogP contribution in [0.15, 0.2) is 30.5 Å². The van der Waals surface area contributed by atoms with Crippen molar-refractivity contribution in [2.24, 2.45) is 0 Å². The van der Waals surface area contributed by atoms with Gasteiger partial charge in [0.05, 0.1) is 19.3 Å². The van der Waals surface area contributed by atoms with Crippen LogP contribution in [-0.4, -0.2) is 22.4 Å². The fourth-order valence-corrected chi connectivity index (χ4v) is 2.24. The molecule has 0 aliphatic rings. The van der Waals surface area contributed by atoms with Gasteiger partial charge in [0.25, 0.3) is 0 Å². The second kappa shape index (κ2) is 6.50. The Morgan fingerprint density at radius 1 is 1.29 bits per heavy atom. The topological polar surface area (TPSA) is 39.1 Å². The average Bonchev–Trinajstić information content (AvgIpc) is 2.83. The van der Waals surface area contributed by atoms with Crippen LogP contribution in [0.1, 0.15) is 32.0 Å². The van der Waals surface area contributed by atoms with Gasteiger partial charge in [0.2, 0.25) is 0 Å². The fraction of sp³-hybridized carbons (Fsp3) is 0.438. The number of halogens is 1. The summed E-state index contributed by atoms with van der Waals surface area (Å²) in [5.74, 6) is 0.824. The maximum Gasteiger partial charge on any atom is 0.124 e. The minimum absolute atomic E-state index is 0.0723. The fourth-order valence-electron chi connectivity index (χ4n) is 2.04. The third kappa shape index (κ3) is 4.48. The molecule has 1 aromatic heterocycles. The van der Waals surface area contributed by atoms with Crippen molar-refractivity contribution in [3.63, 3.8) is 0 Å². The van der Waals surface area contributed by atoms with Crippen molar-refractivity contribution in [3.8, 4) is 5.75 Å². The molecule has 0 radical (unpaired) electrons. The first-order valence-corrected chi connectivity index (χ1v) is 7.35. The van der Waals surface area contributed by atoms with Gasteiger partial charge in [-0.3, -0.25) is 4.68 Å². The molecule has 0 saturated carbocycles. The van der Waals surface area contributed by atoms with Crippen LogP contribution in [0.2, 0.25) is 5.02 Å². The van der Waals surface area contributed by atoms with E-state index in [-0.39, 0.29) is 5.54 Å². The summed E-state index contributed by atoms with van der Waals surface area (Å²) in [6.45, 7) is 7.85. The Hall–Kier alpha value is -1.52. The summed E-state index contributed by atoms with van der Waals surface area (Å²) >= 11 is 6.08. The molecular weight excluding hydrogens is 286 g/mol. The highest BCUT2D eigenvalue weighted by atomic mass is 35.5. The second-order valence-corrected chi connectivity index (χ2v) is 6.48. The molecule has 0 unspecified atom stereocenters. The van der Waals surface area contributed by atoms with E-state index in [4.69, 9.17) is 16.3 Å². The normalized spacial score (nSPS) is 11.7. The van der Waals surface area contributed by atoms with Crippen molar-refractivity contribution in [1.29, 1.82) is 0 Å². The Morgan fingerprint density at radius 3 is 2.71 bits per heavy atom. The molecule has 2 aromatic rings. The Morgan fingerprint density at radius 2 is 2.05 bits per heavy atom. The third-order valence-electron chi connectivity index (χ3n) is 3.17. The first-order valence-electron chi connectivity index (χ1n) is 6.97. The molecule has 1 N–H and O–H groups in total. The van der Waals surface area contributed by atoms with Gasteiger partial charge in [-0.15, -0.1) is 0 Å². The first-order chi connectivity index (χ1) is 9.89. The van der Waals surface area contributed by atoms with Crippen LogP contribution in [0.4, 0.5) is 0 Å². The van der Waals surface area contributed by atoms with E-state index in [1.807, 2.05) is 35.1 Å². The van der Waals surface area contributed by atoms with Gasteiger partial charge in [0.15, 0.2) is 0 Å². The molecule has 4 nitrogen and oxygen atoms in total. The molecule has 1 heterocycles. The van der Waals surface area contributed by atoms with E-state index in [2.05, 4.69) is 31.2 Å². The van der Waals surface area contributed by atoms with E-state index in [1.54, 1.807) is 7.11 Å². The smallest absolute Gasteiger partial charge is 0.124 e. The lowest BCUT2D eigenvalue weighted by atomic mass is 10.1. The molecule has 21 heavy (non-hydrogen) atoms. The number of aromatic nitrogens is 2. The quantitative estimate of drug-likeness (QED) is 0.919. The van der Waals surface area contributed by atoms with E-state index < -0.39 is 0 Å². The summed E-state index contributed by atoms with van der Waals surface area (Å²) in [5, 5.41) is 8.57. The molecule has 0 amide bonds. The summed E-state index contributed by atoms with van der Waals surface area (Å²) in [5.41, 5.74) is 2.22. The Kier molecular flexibility index (Phi) is 4.91. The van der Waals surface area contributed by atoms with Crippen LogP contribution in [0.5, 0.6) is 5.75 Å². The third-order valence-corrected chi connectivity index (χ3v) is 3.40. The molecule has 2 rings (SSSR count). The molecule has 0 aliphatic heterocycles. The summed E-state index contributed by atoms with van der Waals surface area (Å²) in [6, 6.07) is 7.65. The number of nitrogens with zero attached hydrogens (tertiary/aromatic N) is 2.